The van der Waals surface area contributed by atoms with Crippen LogP contribution in [-0.4, -0.2) is 36.9 Å². The van der Waals surface area contributed by atoms with Crippen LogP contribution in [0.4, 0.5) is 0 Å². The van der Waals surface area contributed by atoms with Crippen LogP contribution in [0.15, 0.2) is 0 Å². The zero-order chi connectivity index (χ0) is 13.0. The largest absolute Gasteiger partial charge is 0.214 e. The van der Waals surface area contributed by atoms with Gasteiger partial charge in [-0.05, 0) is 31.6 Å². The maximum Gasteiger partial charge on any atom is 0.214 e. The van der Waals surface area contributed by atoms with Crippen LogP contribution in [0, 0.1) is 5.92 Å². The van der Waals surface area contributed by atoms with Gasteiger partial charge < -0.3 is 0 Å². The fourth-order valence-electron chi connectivity index (χ4n) is 3.05. The molecule has 0 atom stereocenters. The molecular weight excluding hydrogens is 270 g/mol. The van der Waals surface area contributed by atoms with E-state index >= 15 is 0 Å². The Balaban J connectivity index is 1.97. The summed E-state index contributed by atoms with van der Waals surface area (Å²) in [6, 6.07) is 0.234. The van der Waals surface area contributed by atoms with E-state index in [9.17, 15) is 8.42 Å². The summed E-state index contributed by atoms with van der Waals surface area (Å²) in [6.45, 7) is 0.487. The molecule has 0 bridgehead atoms. The third-order valence-corrected chi connectivity index (χ3v) is 6.57. The highest BCUT2D eigenvalue weighted by molar-refractivity contribution is 7.89. The minimum atomic E-state index is -3.10. The molecule has 18 heavy (non-hydrogen) atoms. The van der Waals surface area contributed by atoms with Crippen LogP contribution < -0.4 is 0 Å². The molecule has 0 spiro atoms. The lowest BCUT2D eigenvalue weighted by atomic mass is 9.91. The molecule has 2 rings (SSSR count). The van der Waals surface area contributed by atoms with Crippen molar-refractivity contribution in [2.75, 3.05) is 18.2 Å². The maximum atomic E-state index is 12.5. The molecule has 2 saturated carbocycles. The molecule has 0 unspecified atom stereocenters. The van der Waals surface area contributed by atoms with E-state index in [-0.39, 0.29) is 6.04 Å². The fourth-order valence-corrected chi connectivity index (χ4v) is 5.49. The van der Waals surface area contributed by atoms with E-state index in [1.165, 1.54) is 19.3 Å². The second kappa shape index (κ2) is 6.58. The van der Waals surface area contributed by atoms with Crippen LogP contribution in [0.2, 0.25) is 0 Å². The average Bonchev–Trinajstić information content (AvgIpc) is 2.27. The first kappa shape index (κ1) is 14.6. The van der Waals surface area contributed by atoms with E-state index in [4.69, 9.17) is 11.6 Å². The van der Waals surface area contributed by atoms with Crippen molar-refractivity contribution in [2.45, 2.75) is 57.4 Å². The second-order valence-electron chi connectivity index (χ2n) is 5.67. The van der Waals surface area contributed by atoms with E-state index in [1.54, 1.807) is 4.31 Å². The maximum absolute atomic E-state index is 12.5. The fraction of sp³-hybridized carbons (Fsp3) is 1.00. The van der Waals surface area contributed by atoms with Gasteiger partial charge in [0, 0.05) is 18.5 Å². The number of hydrogen-bond donors (Lipinski definition) is 0. The molecule has 5 heteroatoms. The standard InChI is InChI=1S/C13H24ClNO2S/c14-9-10-15(13-7-4-8-13)18(16,17)11-12-5-2-1-3-6-12/h12-13H,1-11H2. The number of alkyl halides is 1. The van der Waals surface area contributed by atoms with Crippen molar-refractivity contribution >= 4 is 21.6 Å². The van der Waals surface area contributed by atoms with Gasteiger partial charge in [0.15, 0.2) is 0 Å². The third kappa shape index (κ3) is 3.61. The first-order valence-corrected chi connectivity index (χ1v) is 9.33. The van der Waals surface area contributed by atoms with E-state index in [0.29, 0.717) is 24.1 Å². The highest BCUT2D eigenvalue weighted by Crippen LogP contribution is 2.30. The Morgan fingerprint density at radius 3 is 2.17 bits per heavy atom. The summed E-state index contributed by atoms with van der Waals surface area (Å²) < 4.78 is 26.7. The summed E-state index contributed by atoms with van der Waals surface area (Å²) in [5.74, 6) is 1.13. The van der Waals surface area contributed by atoms with Gasteiger partial charge >= 0.3 is 0 Å². The summed E-state index contributed by atoms with van der Waals surface area (Å²) in [5, 5.41) is 0. The van der Waals surface area contributed by atoms with Gasteiger partial charge in [-0.1, -0.05) is 25.7 Å². The summed E-state index contributed by atoms with van der Waals surface area (Å²) >= 11 is 5.76. The zero-order valence-electron chi connectivity index (χ0n) is 11.0. The number of hydrogen-bond acceptors (Lipinski definition) is 2. The predicted octanol–water partition coefficient (Wildman–Crippen LogP) is 2.99. The van der Waals surface area contributed by atoms with Crippen LogP contribution in [0.1, 0.15) is 51.4 Å². The lowest BCUT2D eigenvalue weighted by Gasteiger charge is -2.37. The van der Waals surface area contributed by atoms with E-state index < -0.39 is 10.0 Å². The number of rotatable bonds is 6. The monoisotopic (exact) mass is 293 g/mol. The normalized spacial score (nSPS) is 23.2. The van der Waals surface area contributed by atoms with E-state index in [2.05, 4.69) is 0 Å². The van der Waals surface area contributed by atoms with Crippen LogP contribution in [0.25, 0.3) is 0 Å². The smallest absolute Gasteiger partial charge is 0.212 e. The van der Waals surface area contributed by atoms with Crippen LogP contribution in [0.3, 0.4) is 0 Å². The molecule has 2 aliphatic carbocycles. The molecule has 0 aromatic rings. The van der Waals surface area contributed by atoms with Crippen molar-refractivity contribution in [1.29, 1.82) is 0 Å². The van der Waals surface area contributed by atoms with Gasteiger partial charge in [-0.2, -0.15) is 4.31 Å². The van der Waals surface area contributed by atoms with Crippen LogP contribution in [0.5, 0.6) is 0 Å². The third-order valence-electron chi connectivity index (χ3n) is 4.32. The zero-order valence-corrected chi connectivity index (χ0v) is 12.6. The molecule has 0 amide bonds. The van der Waals surface area contributed by atoms with E-state index in [1.807, 2.05) is 0 Å². The number of sulfonamides is 1. The van der Waals surface area contributed by atoms with Crippen molar-refractivity contribution in [1.82, 2.24) is 4.31 Å². The summed E-state index contributed by atoms with van der Waals surface area (Å²) in [7, 11) is -3.10. The lowest BCUT2D eigenvalue weighted by Crippen LogP contribution is -2.47. The van der Waals surface area contributed by atoms with E-state index in [0.717, 1.165) is 32.1 Å². The Morgan fingerprint density at radius 1 is 1.00 bits per heavy atom. The quantitative estimate of drug-likeness (QED) is 0.706. The molecule has 0 heterocycles. The Bertz CT molecular complexity index is 348. The Morgan fingerprint density at radius 2 is 1.67 bits per heavy atom. The van der Waals surface area contributed by atoms with Crippen molar-refractivity contribution in [3.05, 3.63) is 0 Å². The van der Waals surface area contributed by atoms with Crippen molar-refractivity contribution in [2.24, 2.45) is 5.92 Å². The lowest BCUT2D eigenvalue weighted by molar-refractivity contribution is 0.225. The molecular formula is C13H24ClNO2S. The summed E-state index contributed by atoms with van der Waals surface area (Å²) in [6.07, 6.45) is 9.00. The van der Waals surface area contributed by atoms with Gasteiger partial charge in [0.1, 0.15) is 0 Å². The highest BCUT2D eigenvalue weighted by atomic mass is 35.5. The molecule has 0 N–H and O–H groups in total. The number of nitrogens with zero attached hydrogens (tertiary/aromatic N) is 1. The average molecular weight is 294 g/mol. The molecule has 0 aromatic carbocycles. The molecule has 3 nitrogen and oxygen atoms in total. The molecule has 2 aliphatic rings. The molecule has 0 aliphatic heterocycles. The highest BCUT2D eigenvalue weighted by Gasteiger charge is 2.34. The first-order valence-electron chi connectivity index (χ1n) is 7.19. The summed E-state index contributed by atoms with van der Waals surface area (Å²) in [5.41, 5.74) is 0. The van der Waals surface area contributed by atoms with Gasteiger partial charge in [-0.3, -0.25) is 0 Å². The van der Waals surface area contributed by atoms with Crippen molar-refractivity contribution < 1.29 is 8.42 Å². The van der Waals surface area contributed by atoms with Crippen molar-refractivity contribution in [3.8, 4) is 0 Å². The molecule has 0 aromatic heterocycles. The minimum Gasteiger partial charge on any atom is -0.212 e. The van der Waals surface area contributed by atoms with Crippen molar-refractivity contribution in [3.63, 3.8) is 0 Å². The Kier molecular flexibility index (Phi) is 5.34. The predicted molar refractivity (Wildman–Crippen MR) is 75.4 cm³/mol. The number of halogens is 1. The first-order chi connectivity index (χ1) is 8.63. The van der Waals surface area contributed by atoms with Gasteiger partial charge in [0.25, 0.3) is 0 Å². The molecule has 106 valence electrons. The van der Waals surface area contributed by atoms with Crippen LogP contribution in [-0.2, 0) is 10.0 Å². The van der Waals surface area contributed by atoms with Gasteiger partial charge in [0.2, 0.25) is 10.0 Å². The minimum absolute atomic E-state index is 0.234. The summed E-state index contributed by atoms with van der Waals surface area (Å²) in [4.78, 5) is 0. The molecule has 2 fully saturated rings. The molecule has 0 radical (unpaired) electrons. The second-order valence-corrected chi connectivity index (χ2v) is 8.01. The van der Waals surface area contributed by atoms with Gasteiger partial charge in [-0.25, -0.2) is 8.42 Å². The Labute approximate surface area is 116 Å². The van der Waals surface area contributed by atoms with Gasteiger partial charge in [-0.15, -0.1) is 11.6 Å². The van der Waals surface area contributed by atoms with Gasteiger partial charge in [0.05, 0.1) is 5.75 Å². The SMILES string of the molecule is O=S(=O)(CC1CCCCC1)N(CCCl)C1CCC1. The topological polar surface area (TPSA) is 37.4 Å². The molecule has 0 saturated heterocycles. The Hall–Kier alpha value is 0.200. The van der Waals surface area contributed by atoms with Crippen LogP contribution >= 0.6 is 11.6 Å².